The molecule has 6 aromatic carbocycles. The third-order valence-electron chi connectivity index (χ3n) is 21.2. The molecule has 0 aromatic heterocycles. The average Bonchev–Trinajstić information content (AvgIpc) is 1.61. The number of aliphatic carboxylic acids is 1. The summed E-state index contributed by atoms with van der Waals surface area (Å²) in [5, 5.41) is 12.1. The number of rotatable bonds is 13. The van der Waals surface area contributed by atoms with Crippen LogP contribution in [0.15, 0.2) is 109 Å². The van der Waals surface area contributed by atoms with Crippen molar-refractivity contribution in [3.8, 4) is 0 Å². The van der Waals surface area contributed by atoms with Crippen molar-refractivity contribution in [2.45, 2.75) is 191 Å². The summed E-state index contributed by atoms with van der Waals surface area (Å²) in [6.45, 7) is 29.5. The van der Waals surface area contributed by atoms with E-state index in [1.165, 1.54) is 20.3 Å². The summed E-state index contributed by atoms with van der Waals surface area (Å²) in [6, 6.07) is 27.9. The minimum absolute atomic E-state index is 0. The highest BCUT2D eigenvalue weighted by atomic mass is 19.4. The van der Waals surface area contributed by atoms with Crippen molar-refractivity contribution >= 4 is 81.6 Å². The van der Waals surface area contributed by atoms with Crippen LogP contribution >= 0.6 is 0 Å². The number of nitrogens with one attached hydrogen (secondary N) is 1. The van der Waals surface area contributed by atoms with Gasteiger partial charge in [-0.25, -0.2) is 0 Å². The molecule has 10 rings (SSSR count). The van der Waals surface area contributed by atoms with Crippen molar-refractivity contribution < 1.29 is 92.5 Å². The van der Waals surface area contributed by atoms with Crippen molar-refractivity contribution in [1.82, 2.24) is 0 Å². The Bertz CT molecular complexity index is 4200. The van der Waals surface area contributed by atoms with E-state index in [4.69, 9.17) is 15.2 Å². The van der Waals surface area contributed by atoms with Crippen LogP contribution in [-0.4, -0.2) is 92.9 Å². The Kier molecular flexibility index (Phi) is 33.1. The Labute approximate surface area is 642 Å². The first kappa shape index (κ1) is 96.3. The molecule has 4 saturated heterocycles. The summed E-state index contributed by atoms with van der Waals surface area (Å²) in [7, 11) is 2.77. The third-order valence-corrected chi connectivity index (χ3v) is 21.2. The number of benzene rings is 6. The number of hydrogen-bond donors (Lipinski definition) is 3. The molecule has 4 fully saturated rings. The van der Waals surface area contributed by atoms with E-state index in [9.17, 15) is 83.0 Å². The topological polar surface area (TPSA) is 226 Å². The van der Waals surface area contributed by atoms with Crippen LogP contribution in [0.3, 0.4) is 0 Å². The molecule has 1 unspecified atom stereocenters. The summed E-state index contributed by atoms with van der Waals surface area (Å²) < 4.78 is 122. The summed E-state index contributed by atoms with van der Waals surface area (Å²) in [5.41, 5.74) is 9.35. The van der Waals surface area contributed by atoms with Gasteiger partial charge in [-0.05, 0) is 174 Å². The predicted molar refractivity (Wildman–Crippen MR) is 416 cm³/mol. The van der Waals surface area contributed by atoms with Crippen LogP contribution in [0.25, 0.3) is 0 Å². The number of esters is 2. The molecule has 606 valence electrons. The smallest absolute Gasteiger partial charge is 0.416 e. The molecule has 0 radical (unpaired) electrons. The number of methoxy groups -OCH3 is 2. The number of carboxylic acid groups (broad SMARTS) is 1. The maximum atomic E-state index is 13.4. The zero-order valence-corrected chi connectivity index (χ0v) is 62.9. The largest absolute Gasteiger partial charge is 0.481 e. The van der Waals surface area contributed by atoms with Gasteiger partial charge in [0.1, 0.15) is 0 Å². The van der Waals surface area contributed by atoms with Crippen LogP contribution in [0.5, 0.6) is 0 Å². The standard InChI is InChI=1S/C24H27F3N2O2.C17H23NO3.C16H21NO3.C15H19NO3.C8H5F6N.4CH4/c1-6-23(22(31)28-19-11-14(2)10-18(12-19)24(25,26)27)13-29(21(30)17(23)5)20-15(3)8-7-9-16(20)4;1-6-17(16(20)21-5)10-18(15(19)13(17)4)14-11(2)8-7-9-12(14)3;1-5-16(15(19)20-4)9-13(18)17(10-16)14-11(2)7-6-8-12(14)3;1-4-15(14(18)19)8-12(17)16(9-15)13-10(2)6-5-7-11(13)3;9-7(10,11)4-1-5(8(12,13)14)3-6(15)2-4;;;;/h7-12,17H,6,13H2,1-5H3,(H,28,31);7-9,13H,6,10H2,1-5H3;6-8H,5,9-10H2,1-4H3;5-7H,4,8-9H2,1-3H3,(H,18,19);1-3H,15H2;4*1H4/t17-,23-;13?,17-;16-;15-;;;;;/m1100...../s1. The number of ether oxygens (including phenoxy) is 2. The molecule has 17 nitrogen and oxygen atoms in total. The molecule has 110 heavy (non-hydrogen) atoms. The summed E-state index contributed by atoms with van der Waals surface area (Å²) in [6.07, 6.45) is -11.8. The molecule has 6 atom stereocenters. The second kappa shape index (κ2) is 37.8. The maximum Gasteiger partial charge on any atom is 0.416 e. The summed E-state index contributed by atoms with van der Waals surface area (Å²) in [5.74, 6) is -3.13. The molecular formula is C84H111F9N6O11. The molecular weight excluding hydrogens is 1440 g/mol. The Morgan fingerprint density at radius 2 is 0.764 bits per heavy atom. The van der Waals surface area contributed by atoms with Gasteiger partial charge in [-0.3, -0.25) is 38.4 Å². The maximum absolute atomic E-state index is 13.4. The molecule has 0 bridgehead atoms. The second-order valence-electron chi connectivity index (χ2n) is 28.0. The van der Waals surface area contributed by atoms with E-state index in [0.717, 1.165) is 79.4 Å². The number of carbonyl (C=O) groups is 8. The fourth-order valence-electron chi connectivity index (χ4n) is 14.7. The van der Waals surface area contributed by atoms with Crippen LogP contribution in [-0.2, 0) is 66.4 Å². The number of carboxylic acids is 1. The average molecular weight is 1550 g/mol. The van der Waals surface area contributed by atoms with Crippen LogP contribution in [0.1, 0.15) is 177 Å². The summed E-state index contributed by atoms with van der Waals surface area (Å²) >= 11 is 0. The van der Waals surface area contributed by atoms with Gasteiger partial charge >= 0.3 is 36.4 Å². The monoisotopic (exact) mass is 1550 g/mol. The number of hydrogen-bond acceptors (Lipinski definition) is 11. The number of anilines is 6. The minimum atomic E-state index is -4.84. The number of nitrogens with two attached hydrogens (primary N) is 1. The Morgan fingerprint density at radius 3 is 1.07 bits per heavy atom. The molecule has 4 aliphatic heterocycles. The van der Waals surface area contributed by atoms with Gasteiger partial charge in [-0.2, -0.15) is 39.5 Å². The highest BCUT2D eigenvalue weighted by Gasteiger charge is 2.57. The minimum Gasteiger partial charge on any atom is -0.481 e. The van der Waals surface area contributed by atoms with Gasteiger partial charge in [0, 0.05) is 73.1 Å². The Hall–Kier alpha value is -9.75. The van der Waals surface area contributed by atoms with Gasteiger partial charge in [0.15, 0.2) is 0 Å². The van der Waals surface area contributed by atoms with Crippen LogP contribution in [0, 0.1) is 95.8 Å². The SMILES string of the molecule is C.C.C.C.CC[C@@]1(C(=O)Nc2cc(C)cc(C(F)(F)F)c2)CN(c2c(C)cccc2C)C(=O)[C@H]1C.CC[C@@]1(C(=O)OC)CN(c2c(C)cccc2C)C(=O)C1C.CC[C@]1(C(=O)O)CC(=O)N(c2c(C)cccc2C)C1.CC[C@]1(C(=O)OC)CC(=O)N(c2c(C)cccc2C)C1.Nc1cc(C(F)(F)F)cc(C(F)(F)F)c1. The molecule has 26 heteroatoms. The number of amides is 5. The van der Waals surface area contributed by atoms with E-state index in [1.807, 2.05) is 163 Å². The molecule has 0 saturated carbocycles. The molecule has 5 amide bonds. The van der Waals surface area contributed by atoms with Crippen LogP contribution in [0.2, 0.25) is 0 Å². The summed E-state index contributed by atoms with van der Waals surface area (Å²) in [4.78, 5) is 106. The number of nitrogen functional groups attached to an aromatic ring is 1. The highest BCUT2D eigenvalue weighted by Crippen LogP contribution is 2.48. The molecule has 4 aliphatic rings. The fourth-order valence-corrected chi connectivity index (χ4v) is 14.7. The van der Waals surface area contributed by atoms with Crippen molar-refractivity contribution in [3.05, 3.63) is 176 Å². The molecule has 4 N–H and O–H groups in total. The lowest BCUT2D eigenvalue weighted by atomic mass is 9.75. The van der Waals surface area contributed by atoms with Gasteiger partial charge in [0.05, 0.1) is 64.4 Å². The first-order valence-electron chi connectivity index (χ1n) is 34.7. The quantitative estimate of drug-likeness (QED) is 0.0558. The van der Waals surface area contributed by atoms with Gasteiger partial charge < -0.3 is 45.2 Å². The predicted octanol–water partition coefficient (Wildman–Crippen LogP) is 19.5. The Balaban J connectivity index is 0.000000472. The first-order chi connectivity index (χ1) is 49.2. The van der Waals surface area contributed by atoms with Gasteiger partial charge in [0.25, 0.3) is 0 Å². The number of nitrogens with zero attached hydrogens (tertiary/aromatic N) is 4. The number of carbonyl (C=O) groups excluding carboxylic acids is 7. The zero-order valence-electron chi connectivity index (χ0n) is 62.9. The van der Waals surface area contributed by atoms with Crippen molar-refractivity contribution in [2.24, 2.45) is 33.5 Å². The van der Waals surface area contributed by atoms with E-state index in [2.05, 4.69) is 5.32 Å². The molecule has 0 spiro atoms. The lowest BCUT2D eigenvalue weighted by Gasteiger charge is -2.30. The second-order valence-corrected chi connectivity index (χ2v) is 28.0. The van der Waals surface area contributed by atoms with Crippen molar-refractivity contribution in [3.63, 3.8) is 0 Å². The van der Waals surface area contributed by atoms with Crippen LogP contribution < -0.4 is 30.7 Å². The van der Waals surface area contributed by atoms with E-state index >= 15 is 0 Å². The number of halogens is 9. The number of alkyl halides is 9. The van der Waals surface area contributed by atoms with Gasteiger partial charge in [-0.1, -0.05) is 144 Å². The van der Waals surface area contributed by atoms with Crippen molar-refractivity contribution in [2.75, 3.05) is 71.0 Å². The van der Waals surface area contributed by atoms with E-state index in [-0.39, 0.29) is 109 Å². The van der Waals surface area contributed by atoms with E-state index in [1.54, 1.807) is 33.4 Å². The third kappa shape index (κ3) is 20.2. The number of para-hydroxylation sites is 4. The Morgan fingerprint density at radius 1 is 0.455 bits per heavy atom. The van der Waals surface area contributed by atoms with Gasteiger partial charge in [0.2, 0.25) is 29.5 Å². The molecule has 4 heterocycles. The van der Waals surface area contributed by atoms with Crippen LogP contribution in [0.4, 0.5) is 73.6 Å². The zero-order chi connectivity index (χ0) is 79.9. The molecule has 0 aliphatic carbocycles. The first-order valence-corrected chi connectivity index (χ1v) is 34.7. The normalized spacial score (nSPS) is 20.6. The van der Waals surface area contributed by atoms with Gasteiger partial charge in [-0.15, -0.1) is 0 Å². The lowest BCUT2D eigenvalue weighted by Crippen LogP contribution is -2.42. The highest BCUT2D eigenvalue weighted by molar-refractivity contribution is 6.08. The lowest BCUT2D eigenvalue weighted by molar-refractivity contribution is -0.155. The fraction of sp³-hybridized carbons (Fsp3) is 0.476. The number of aryl methyl sites for hydroxylation is 9. The van der Waals surface area contributed by atoms with E-state index < -0.39 is 80.4 Å². The molecule has 6 aromatic rings. The van der Waals surface area contributed by atoms with Crippen molar-refractivity contribution in [1.29, 1.82) is 0 Å². The van der Waals surface area contributed by atoms with E-state index in [0.29, 0.717) is 56.5 Å².